The van der Waals surface area contributed by atoms with Crippen molar-refractivity contribution < 1.29 is 23.0 Å². The monoisotopic (exact) mass is 318 g/mol. The van der Waals surface area contributed by atoms with Crippen LogP contribution >= 0.6 is 0 Å². The van der Waals surface area contributed by atoms with Crippen molar-refractivity contribution in [2.45, 2.75) is 38.3 Å². The lowest BCUT2D eigenvalue weighted by Crippen LogP contribution is -2.11. The van der Waals surface area contributed by atoms with Crippen LogP contribution < -0.4 is 0 Å². The molecule has 6 nitrogen and oxygen atoms in total. The Morgan fingerprint density at radius 3 is 1.86 bits per heavy atom. The summed E-state index contributed by atoms with van der Waals surface area (Å²) in [7, 11) is 0. The van der Waals surface area contributed by atoms with Gasteiger partial charge in [0.25, 0.3) is 11.4 Å². The zero-order valence-corrected chi connectivity index (χ0v) is 11.4. The van der Waals surface area contributed by atoms with Crippen LogP contribution in [-0.4, -0.2) is 9.85 Å². The van der Waals surface area contributed by atoms with Gasteiger partial charge in [-0.25, -0.2) is 0 Å². The molecule has 22 heavy (non-hydrogen) atoms. The number of nitro groups is 2. The molecule has 0 heterocycles. The third kappa shape index (κ3) is 3.34. The first-order valence-electron chi connectivity index (χ1n) is 6.73. The number of hydrogen-bond acceptors (Lipinski definition) is 4. The number of hydrogen-bond donors (Lipinski definition) is 0. The van der Waals surface area contributed by atoms with E-state index in [1.807, 2.05) is 0 Å². The lowest BCUT2D eigenvalue weighted by molar-refractivity contribution is -0.396. The van der Waals surface area contributed by atoms with E-state index in [0.29, 0.717) is 12.1 Å². The normalized spacial score (nSPS) is 16.0. The molecule has 0 N–H and O–H groups in total. The molecule has 2 rings (SSSR count). The summed E-state index contributed by atoms with van der Waals surface area (Å²) in [6.07, 6.45) is -1.42. The van der Waals surface area contributed by atoms with Gasteiger partial charge in [-0.1, -0.05) is 25.7 Å². The number of rotatable bonds is 4. The molecule has 0 saturated heterocycles. The Hall–Kier alpha value is -2.19. The largest absolute Gasteiger partial charge is 0.416 e. The van der Waals surface area contributed by atoms with Gasteiger partial charge < -0.3 is 0 Å². The van der Waals surface area contributed by atoms with E-state index in [1.165, 1.54) is 0 Å². The Labute approximate surface area is 123 Å². The van der Waals surface area contributed by atoms with E-state index in [-0.39, 0.29) is 17.9 Å². The molecular formula is C13H13F3N2O4. The standard InChI is InChI=1S/C13H13F3N2O4/c14-13(15,16)9-6-11(17(19)20)10(12(7-9)18(21)22)5-8-3-1-2-4-8/h6-8H,1-5H2. The van der Waals surface area contributed by atoms with Crippen LogP contribution in [0.3, 0.4) is 0 Å². The fraction of sp³-hybridized carbons (Fsp3) is 0.538. The molecule has 1 aromatic carbocycles. The smallest absolute Gasteiger partial charge is 0.258 e. The highest BCUT2D eigenvalue weighted by atomic mass is 19.4. The molecule has 1 aliphatic carbocycles. The topological polar surface area (TPSA) is 86.3 Å². The van der Waals surface area contributed by atoms with Gasteiger partial charge in [-0.15, -0.1) is 0 Å². The maximum Gasteiger partial charge on any atom is 0.416 e. The maximum atomic E-state index is 12.8. The van der Waals surface area contributed by atoms with E-state index in [2.05, 4.69) is 0 Å². The SMILES string of the molecule is O=[N+]([O-])c1cc(C(F)(F)F)cc([N+](=O)[O-])c1CC1CCCC1. The van der Waals surface area contributed by atoms with Crippen molar-refractivity contribution in [2.24, 2.45) is 5.92 Å². The summed E-state index contributed by atoms with van der Waals surface area (Å²) in [6.45, 7) is 0. The van der Waals surface area contributed by atoms with E-state index >= 15 is 0 Å². The van der Waals surface area contributed by atoms with Crippen molar-refractivity contribution in [3.8, 4) is 0 Å². The lowest BCUT2D eigenvalue weighted by atomic mass is 9.94. The molecule has 0 aromatic heterocycles. The third-order valence-corrected chi connectivity index (χ3v) is 3.89. The summed E-state index contributed by atoms with van der Waals surface area (Å²) in [5, 5.41) is 22.1. The Morgan fingerprint density at radius 2 is 1.50 bits per heavy atom. The highest BCUT2D eigenvalue weighted by Gasteiger charge is 2.38. The summed E-state index contributed by atoms with van der Waals surface area (Å²) < 4.78 is 38.3. The van der Waals surface area contributed by atoms with E-state index in [1.54, 1.807) is 0 Å². The van der Waals surface area contributed by atoms with Crippen LogP contribution in [0.1, 0.15) is 36.8 Å². The number of nitrogens with zero attached hydrogens (tertiary/aromatic N) is 2. The van der Waals surface area contributed by atoms with Crippen LogP contribution in [0.2, 0.25) is 0 Å². The highest BCUT2D eigenvalue weighted by molar-refractivity contribution is 5.57. The third-order valence-electron chi connectivity index (χ3n) is 3.89. The first-order chi connectivity index (χ1) is 10.2. The van der Waals surface area contributed by atoms with Crippen LogP contribution in [0.15, 0.2) is 12.1 Å². The zero-order valence-electron chi connectivity index (χ0n) is 11.4. The van der Waals surface area contributed by atoms with Gasteiger partial charge in [0, 0.05) is 12.1 Å². The van der Waals surface area contributed by atoms with Crippen LogP contribution in [0.5, 0.6) is 0 Å². The summed E-state index contributed by atoms with van der Waals surface area (Å²) >= 11 is 0. The van der Waals surface area contributed by atoms with Gasteiger partial charge in [-0.3, -0.25) is 20.2 Å². The van der Waals surface area contributed by atoms with E-state index in [9.17, 15) is 33.4 Å². The van der Waals surface area contributed by atoms with Crippen LogP contribution in [-0.2, 0) is 12.6 Å². The van der Waals surface area contributed by atoms with Crippen LogP contribution in [0.25, 0.3) is 0 Å². The Balaban J connectivity index is 2.57. The maximum absolute atomic E-state index is 12.8. The minimum atomic E-state index is -4.87. The fourth-order valence-corrected chi connectivity index (χ4v) is 2.84. The fourth-order valence-electron chi connectivity index (χ4n) is 2.84. The summed E-state index contributed by atoms with van der Waals surface area (Å²) in [6, 6.07) is 0.772. The molecule has 1 aliphatic rings. The number of halogens is 3. The van der Waals surface area contributed by atoms with E-state index in [0.717, 1.165) is 25.7 Å². The van der Waals surface area contributed by atoms with Gasteiger partial charge >= 0.3 is 6.18 Å². The van der Waals surface area contributed by atoms with Crippen molar-refractivity contribution in [2.75, 3.05) is 0 Å². The summed E-state index contributed by atoms with van der Waals surface area (Å²) in [4.78, 5) is 20.2. The molecular weight excluding hydrogens is 305 g/mol. The Kier molecular flexibility index (Phi) is 4.34. The van der Waals surface area contributed by atoms with Crippen molar-refractivity contribution in [1.82, 2.24) is 0 Å². The Bertz CT molecular complexity index is 575. The molecule has 0 radical (unpaired) electrons. The molecule has 9 heteroatoms. The molecule has 1 aromatic rings. The average molecular weight is 318 g/mol. The van der Waals surface area contributed by atoms with Gasteiger partial charge in [0.05, 0.1) is 15.4 Å². The second kappa shape index (κ2) is 5.90. The number of benzene rings is 1. The van der Waals surface area contributed by atoms with Gasteiger partial charge in [0.1, 0.15) is 5.56 Å². The molecule has 120 valence electrons. The zero-order chi connectivity index (χ0) is 16.5. The number of nitro benzene ring substituents is 2. The van der Waals surface area contributed by atoms with E-state index in [4.69, 9.17) is 0 Å². The predicted octanol–water partition coefficient (Wildman–Crippen LogP) is 4.25. The Morgan fingerprint density at radius 1 is 1.05 bits per heavy atom. The van der Waals surface area contributed by atoms with Gasteiger partial charge in [0.2, 0.25) is 0 Å². The first-order valence-corrected chi connectivity index (χ1v) is 6.73. The van der Waals surface area contributed by atoms with Crippen LogP contribution in [0.4, 0.5) is 24.5 Å². The second-order valence-electron chi connectivity index (χ2n) is 5.36. The lowest BCUT2D eigenvalue weighted by Gasteiger charge is -2.12. The number of alkyl halides is 3. The molecule has 0 atom stereocenters. The second-order valence-corrected chi connectivity index (χ2v) is 5.36. The highest BCUT2D eigenvalue weighted by Crippen LogP contribution is 2.40. The molecule has 0 bridgehead atoms. The van der Waals surface area contributed by atoms with Crippen molar-refractivity contribution in [3.63, 3.8) is 0 Å². The molecule has 1 fully saturated rings. The molecule has 1 saturated carbocycles. The van der Waals surface area contributed by atoms with Gasteiger partial charge in [-0.05, 0) is 12.3 Å². The quantitative estimate of drug-likeness (QED) is 0.613. The van der Waals surface area contributed by atoms with E-state index < -0.39 is 33.0 Å². The molecule has 0 aliphatic heterocycles. The molecule has 0 amide bonds. The molecule has 0 unspecified atom stereocenters. The first kappa shape index (κ1) is 16.2. The summed E-state index contributed by atoms with van der Waals surface area (Å²) in [5.74, 6) is 0.0362. The summed E-state index contributed by atoms with van der Waals surface area (Å²) in [5.41, 5.74) is -3.24. The van der Waals surface area contributed by atoms with Crippen molar-refractivity contribution in [1.29, 1.82) is 0 Å². The molecule has 0 spiro atoms. The van der Waals surface area contributed by atoms with Crippen molar-refractivity contribution in [3.05, 3.63) is 43.5 Å². The van der Waals surface area contributed by atoms with Crippen LogP contribution in [0, 0.1) is 26.1 Å². The minimum Gasteiger partial charge on any atom is -0.258 e. The van der Waals surface area contributed by atoms with Gasteiger partial charge in [-0.2, -0.15) is 13.2 Å². The van der Waals surface area contributed by atoms with Crippen molar-refractivity contribution >= 4 is 11.4 Å². The minimum absolute atomic E-state index is 0.0362. The average Bonchev–Trinajstić information content (AvgIpc) is 2.89. The predicted molar refractivity (Wildman–Crippen MR) is 70.4 cm³/mol. The van der Waals surface area contributed by atoms with Gasteiger partial charge in [0.15, 0.2) is 0 Å².